The lowest BCUT2D eigenvalue weighted by Gasteiger charge is -1.98. The van der Waals surface area contributed by atoms with Crippen LogP contribution in [0.2, 0.25) is 0 Å². The Kier molecular flexibility index (Phi) is 3.08. The quantitative estimate of drug-likeness (QED) is 0.711. The number of amides is 2. The van der Waals surface area contributed by atoms with Gasteiger partial charge < -0.3 is 10.8 Å². The largest absolute Gasteiger partial charge is 0.478 e. The predicted octanol–water partition coefficient (Wildman–Crippen LogP) is 1.50. The Morgan fingerprint density at radius 3 is 2.71 bits per heavy atom. The number of carbonyl (C=O) groups is 2. The molecule has 1 rings (SSSR count). The van der Waals surface area contributed by atoms with E-state index in [1.807, 2.05) is 6.92 Å². The molecule has 2 amide bonds. The first kappa shape index (κ1) is 10.5. The van der Waals surface area contributed by atoms with E-state index in [2.05, 4.69) is 5.32 Å². The molecule has 6 heteroatoms. The SMILES string of the molecule is CCc1cc(C(=O)O)c(NC(N)=O)s1. The fourth-order valence-corrected chi connectivity index (χ4v) is 1.97. The van der Waals surface area contributed by atoms with Crippen LogP contribution in [-0.4, -0.2) is 17.1 Å². The smallest absolute Gasteiger partial charge is 0.338 e. The summed E-state index contributed by atoms with van der Waals surface area (Å²) in [5.41, 5.74) is 5.00. The molecule has 0 saturated carbocycles. The van der Waals surface area contributed by atoms with Crippen LogP contribution >= 0.6 is 11.3 Å². The number of primary amides is 1. The summed E-state index contributed by atoms with van der Waals surface area (Å²) in [6.07, 6.45) is 0.728. The summed E-state index contributed by atoms with van der Waals surface area (Å²) in [6, 6.07) is 0.787. The van der Waals surface area contributed by atoms with Gasteiger partial charge in [0.1, 0.15) is 5.00 Å². The zero-order valence-corrected chi connectivity index (χ0v) is 8.35. The standard InChI is InChI=1S/C8H10N2O3S/c1-2-4-3-5(7(11)12)6(14-4)10-8(9)13/h3H,2H2,1H3,(H,11,12)(H3,9,10,13). The van der Waals surface area contributed by atoms with Crippen LogP contribution in [0.25, 0.3) is 0 Å². The number of aromatic carboxylic acids is 1. The van der Waals surface area contributed by atoms with Crippen LogP contribution in [0.15, 0.2) is 6.07 Å². The summed E-state index contributed by atoms with van der Waals surface area (Å²) in [4.78, 5) is 22.2. The lowest BCUT2D eigenvalue weighted by atomic mass is 10.2. The minimum atomic E-state index is -1.07. The van der Waals surface area contributed by atoms with Crippen molar-refractivity contribution in [1.29, 1.82) is 0 Å². The van der Waals surface area contributed by atoms with Gasteiger partial charge in [0.25, 0.3) is 0 Å². The third-order valence-corrected chi connectivity index (χ3v) is 2.79. The van der Waals surface area contributed by atoms with Crippen molar-refractivity contribution in [2.45, 2.75) is 13.3 Å². The van der Waals surface area contributed by atoms with Crippen molar-refractivity contribution in [3.63, 3.8) is 0 Å². The van der Waals surface area contributed by atoms with Crippen molar-refractivity contribution >= 4 is 28.3 Å². The van der Waals surface area contributed by atoms with E-state index in [4.69, 9.17) is 10.8 Å². The van der Waals surface area contributed by atoms with Crippen LogP contribution in [0.3, 0.4) is 0 Å². The first-order valence-electron chi connectivity index (χ1n) is 3.97. The van der Waals surface area contributed by atoms with E-state index in [0.717, 1.165) is 11.3 Å². The summed E-state index contributed by atoms with van der Waals surface area (Å²) in [5, 5.41) is 11.4. The number of carboxylic acids is 1. The lowest BCUT2D eigenvalue weighted by molar-refractivity contribution is 0.0698. The van der Waals surface area contributed by atoms with Crippen LogP contribution in [-0.2, 0) is 6.42 Å². The number of aryl methyl sites for hydroxylation is 1. The molecule has 4 N–H and O–H groups in total. The maximum absolute atomic E-state index is 10.7. The Balaban J connectivity index is 3.05. The molecule has 1 aromatic rings. The van der Waals surface area contributed by atoms with Crippen LogP contribution in [0.1, 0.15) is 22.2 Å². The highest BCUT2D eigenvalue weighted by Crippen LogP contribution is 2.28. The second-order valence-electron chi connectivity index (χ2n) is 2.60. The molecule has 0 aromatic carbocycles. The molecular formula is C8H10N2O3S. The maximum atomic E-state index is 10.7. The average Bonchev–Trinajstić information content (AvgIpc) is 2.46. The Morgan fingerprint density at radius 1 is 1.64 bits per heavy atom. The van der Waals surface area contributed by atoms with Gasteiger partial charge in [-0.25, -0.2) is 9.59 Å². The van der Waals surface area contributed by atoms with E-state index < -0.39 is 12.0 Å². The first-order chi connectivity index (χ1) is 6.54. The van der Waals surface area contributed by atoms with Gasteiger partial charge in [-0.1, -0.05) is 6.92 Å². The summed E-state index contributed by atoms with van der Waals surface area (Å²) >= 11 is 1.22. The number of carboxylic acid groups (broad SMARTS) is 1. The molecule has 1 aromatic heterocycles. The number of rotatable bonds is 3. The van der Waals surface area contributed by atoms with Crippen molar-refractivity contribution < 1.29 is 14.7 Å². The molecule has 0 bridgehead atoms. The molecule has 0 aliphatic rings. The molecule has 0 aliphatic heterocycles. The molecule has 14 heavy (non-hydrogen) atoms. The van der Waals surface area contributed by atoms with E-state index in [9.17, 15) is 9.59 Å². The third kappa shape index (κ3) is 2.23. The zero-order valence-electron chi connectivity index (χ0n) is 7.53. The van der Waals surface area contributed by atoms with Crippen molar-refractivity contribution in [3.05, 3.63) is 16.5 Å². The van der Waals surface area contributed by atoms with Crippen LogP contribution in [0.5, 0.6) is 0 Å². The van der Waals surface area contributed by atoms with Crippen LogP contribution in [0, 0.1) is 0 Å². The normalized spacial score (nSPS) is 9.79. The lowest BCUT2D eigenvalue weighted by Crippen LogP contribution is -2.19. The van der Waals surface area contributed by atoms with Gasteiger partial charge in [-0.2, -0.15) is 0 Å². The summed E-state index contributed by atoms with van der Waals surface area (Å²) in [5.74, 6) is -1.07. The Labute approximate surface area is 84.5 Å². The second-order valence-corrected chi connectivity index (χ2v) is 3.74. The predicted molar refractivity (Wildman–Crippen MR) is 53.9 cm³/mol. The van der Waals surface area contributed by atoms with Gasteiger partial charge in [-0.05, 0) is 12.5 Å². The van der Waals surface area contributed by atoms with E-state index in [0.29, 0.717) is 5.00 Å². The molecule has 0 aliphatic carbocycles. The highest BCUT2D eigenvalue weighted by Gasteiger charge is 2.15. The Hall–Kier alpha value is -1.56. The first-order valence-corrected chi connectivity index (χ1v) is 4.78. The number of thiophene rings is 1. The molecule has 0 saturated heterocycles. The maximum Gasteiger partial charge on any atom is 0.338 e. The van der Waals surface area contributed by atoms with Gasteiger partial charge >= 0.3 is 12.0 Å². The number of carbonyl (C=O) groups excluding carboxylic acids is 1. The van der Waals surface area contributed by atoms with E-state index in [1.165, 1.54) is 17.4 Å². The molecule has 5 nitrogen and oxygen atoms in total. The van der Waals surface area contributed by atoms with Gasteiger partial charge in [-0.15, -0.1) is 11.3 Å². The molecular weight excluding hydrogens is 204 g/mol. The van der Waals surface area contributed by atoms with Gasteiger partial charge in [0.2, 0.25) is 0 Å². The fourth-order valence-electron chi connectivity index (χ4n) is 0.980. The van der Waals surface area contributed by atoms with Gasteiger partial charge in [0, 0.05) is 4.88 Å². The molecule has 0 unspecified atom stereocenters. The van der Waals surface area contributed by atoms with Crippen molar-refractivity contribution in [2.24, 2.45) is 5.73 Å². The molecule has 0 atom stereocenters. The average molecular weight is 214 g/mol. The fraction of sp³-hybridized carbons (Fsp3) is 0.250. The third-order valence-electron chi connectivity index (χ3n) is 1.60. The number of nitrogens with two attached hydrogens (primary N) is 1. The molecule has 0 spiro atoms. The second kappa shape index (κ2) is 4.10. The van der Waals surface area contributed by atoms with Crippen molar-refractivity contribution in [1.82, 2.24) is 0 Å². The number of hydrogen-bond acceptors (Lipinski definition) is 3. The van der Waals surface area contributed by atoms with Crippen LogP contribution < -0.4 is 11.1 Å². The van der Waals surface area contributed by atoms with Crippen molar-refractivity contribution in [3.8, 4) is 0 Å². The number of urea groups is 1. The Bertz CT molecular complexity index is 373. The zero-order chi connectivity index (χ0) is 10.7. The minimum absolute atomic E-state index is 0.0886. The summed E-state index contributed by atoms with van der Waals surface area (Å²) in [6.45, 7) is 1.91. The number of nitrogens with one attached hydrogen (secondary N) is 1. The van der Waals surface area contributed by atoms with Gasteiger partial charge in [-0.3, -0.25) is 5.32 Å². The van der Waals surface area contributed by atoms with E-state index in [-0.39, 0.29) is 5.56 Å². The summed E-state index contributed by atoms with van der Waals surface area (Å²) < 4.78 is 0. The molecule has 0 radical (unpaired) electrons. The summed E-state index contributed by atoms with van der Waals surface area (Å²) in [7, 11) is 0. The van der Waals surface area contributed by atoms with E-state index >= 15 is 0 Å². The number of anilines is 1. The topological polar surface area (TPSA) is 92.4 Å². The minimum Gasteiger partial charge on any atom is -0.478 e. The molecule has 1 heterocycles. The molecule has 0 fully saturated rings. The van der Waals surface area contributed by atoms with Gasteiger partial charge in [0.15, 0.2) is 0 Å². The molecule has 76 valence electrons. The van der Waals surface area contributed by atoms with E-state index in [1.54, 1.807) is 0 Å². The van der Waals surface area contributed by atoms with Crippen LogP contribution in [0.4, 0.5) is 9.80 Å². The number of hydrogen-bond donors (Lipinski definition) is 3. The van der Waals surface area contributed by atoms with Gasteiger partial charge in [0.05, 0.1) is 5.56 Å². The Morgan fingerprint density at radius 2 is 2.29 bits per heavy atom. The highest BCUT2D eigenvalue weighted by molar-refractivity contribution is 7.16. The highest BCUT2D eigenvalue weighted by atomic mass is 32.1. The van der Waals surface area contributed by atoms with Crippen molar-refractivity contribution in [2.75, 3.05) is 5.32 Å². The monoisotopic (exact) mass is 214 g/mol.